The summed E-state index contributed by atoms with van der Waals surface area (Å²) in [6.45, 7) is 2.76. The second kappa shape index (κ2) is 7.81. The van der Waals surface area contributed by atoms with Crippen molar-refractivity contribution in [3.8, 4) is 0 Å². The minimum Gasteiger partial charge on any atom is -0.469 e. The van der Waals surface area contributed by atoms with Gasteiger partial charge in [-0.2, -0.15) is 0 Å². The quantitative estimate of drug-likeness (QED) is 0.565. The van der Waals surface area contributed by atoms with E-state index in [4.69, 9.17) is 4.74 Å². The number of anilines is 1. The highest BCUT2D eigenvalue weighted by Gasteiger charge is 2.73. The molecule has 0 bridgehead atoms. The standard InChI is InChI=1S/C25H25N3O5/c1-15-8-10-16(11-9-15)21-19-20(23(31)28(22(19)30)17-6-4-3-5-7-17)25(14-18(29)33-2)24(32)26-12-13-27(21)25/h3-11,19-21H,12-14H2,1-2H3,(H,26,32)/t19-,20+,21-,25+/m1/s1. The third-order valence-electron chi connectivity index (χ3n) is 7.16. The number of hydrogen-bond donors (Lipinski definition) is 1. The summed E-state index contributed by atoms with van der Waals surface area (Å²) in [4.78, 5) is 56.8. The van der Waals surface area contributed by atoms with Crippen molar-refractivity contribution >= 4 is 29.4 Å². The van der Waals surface area contributed by atoms with Gasteiger partial charge in [0.05, 0.1) is 31.1 Å². The molecular weight excluding hydrogens is 422 g/mol. The fraction of sp³-hybridized carbons (Fsp3) is 0.360. The molecule has 3 aliphatic heterocycles. The number of fused-ring (bicyclic) bond motifs is 3. The number of benzene rings is 2. The van der Waals surface area contributed by atoms with Crippen molar-refractivity contribution in [3.05, 3.63) is 65.7 Å². The topological polar surface area (TPSA) is 96.0 Å². The summed E-state index contributed by atoms with van der Waals surface area (Å²) in [6, 6.07) is 16.0. The number of esters is 1. The number of hydrogen-bond acceptors (Lipinski definition) is 6. The molecule has 33 heavy (non-hydrogen) atoms. The number of carbonyl (C=O) groups is 4. The van der Waals surface area contributed by atoms with Gasteiger partial charge in [0.2, 0.25) is 17.7 Å². The SMILES string of the molecule is COC(=O)C[C@]12C(=O)NCCN1[C@H](c1ccc(C)cc1)[C@@H]1C(=O)N(c3ccccc3)C(=O)[C@H]12. The molecule has 0 aromatic heterocycles. The molecule has 4 atom stereocenters. The Balaban J connectivity index is 1.71. The van der Waals surface area contributed by atoms with Gasteiger partial charge in [0.15, 0.2) is 0 Å². The van der Waals surface area contributed by atoms with Crippen LogP contribution in [0, 0.1) is 18.8 Å². The van der Waals surface area contributed by atoms with Gasteiger partial charge in [-0.1, -0.05) is 48.0 Å². The van der Waals surface area contributed by atoms with Crippen molar-refractivity contribution < 1.29 is 23.9 Å². The van der Waals surface area contributed by atoms with E-state index in [1.165, 1.54) is 12.0 Å². The van der Waals surface area contributed by atoms with Crippen LogP contribution in [0.25, 0.3) is 0 Å². The van der Waals surface area contributed by atoms with Crippen LogP contribution < -0.4 is 10.2 Å². The number of aryl methyl sites for hydroxylation is 1. The zero-order chi connectivity index (χ0) is 23.3. The molecule has 0 radical (unpaired) electrons. The number of nitrogens with one attached hydrogen (secondary N) is 1. The van der Waals surface area contributed by atoms with Crippen molar-refractivity contribution in [1.29, 1.82) is 0 Å². The first-order chi connectivity index (χ1) is 15.9. The Hall–Kier alpha value is -3.52. The van der Waals surface area contributed by atoms with Crippen LogP contribution >= 0.6 is 0 Å². The molecule has 170 valence electrons. The maximum atomic E-state index is 13.9. The number of carbonyl (C=O) groups excluding carboxylic acids is 4. The van der Waals surface area contributed by atoms with Gasteiger partial charge in [-0.25, -0.2) is 4.90 Å². The van der Waals surface area contributed by atoms with Crippen LogP contribution in [0.15, 0.2) is 54.6 Å². The number of nitrogens with zero attached hydrogens (tertiary/aromatic N) is 2. The lowest BCUT2D eigenvalue weighted by atomic mass is 9.76. The maximum Gasteiger partial charge on any atom is 0.307 e. The van der Waals surface area contributed by atoms with Gasteiger partial charge in [-0.3, -0.25) is 24.1 Å². The Bertz CT molecular complexity index is 1130. The predicted octanol–water partition coefficient (Wildman–Crippen LogP) is 1.59. The Morgan fingerprint density at radius 3 is 2.42 bits per heavy atom. The molecule has 3 amide bonds. The van der Waals surface area contributed by atoms with Crippen molar-refractivity contribution in [3.63, 3.8) is 0 Å². The summed E-state index contributed by atoms with van der Waals surface area (Å²) < 4.78 is 4.93. The molecule has 2 aromatic carbocycles. The van der Waals surface area contributed by atoms with Gasteiger partial charge >= 0.3 is 5.97 Å². The molecule has 0 saturated carbocycles. The van der Waals surface area contributed by atoms with Gasteiger partial charge < -0.3 is 10.1 Å². The van der Waals surface area contributed by atoms with Crippen molar-refractivity contribution in [1.82, 2.24) is 10.2 Å². The Morgan fingerprint density at radius 2 is 1.76 bits per heavy atom. The van der Waals surface area contributed by atoms with Crippen molar-refractivity contribution in [2.45, 2.75) is 24.9 Å². The Morgan fingerprint density at radius 1 is 1.06 bits per heavy atom. The number of piperazine rings is 1. The summed E-state index contributed by atoms with van der Waals surface area (Å²) in [5, 5.41) is 2.84. The Labute approximate surface area is 191 Å². The highest BCUT2D eigenvalue weighted by Crippen LogP contribution is 2.57. The number of imide groups is 1. The van der Waals surface area contributed by atoms with Crippen LogP contribution in [0.2, 0.25) is 0 Å². The lowest BCUT2D eigenvalue weighted by molar-refractivity contribution is -0.154. The molecular formula is C25H25N3O5. The molecule has 5 rings (SSSR count). The number of methoxy groups -OCH3 is 1. The molecule has 1 N–H and O–H groups in total. The normalized spacial score (nSPS) is 29.0. The van der Waals surface area contributed by atoms with Crippen molar-refractivity contribution in [2.75, 3.05) is 25.1 Å². The smallest absolute Gasteiger partial charge is 0.307 e. The van der Waals surface area contributed by atoms with E-state index in [-0.39, 0.29) is 12.3 Å². The molecule has 0 unspecified atom stereocenters. The first kappa shape index (κ1) is 21.3. The fourth-order valence-corrected chi connectivity index (χ4v) is 5.75. The van der Waals surface area contributed by atoms with E-state index in [2.05, 4.69) is 5.32 Å². The van der Waals surface area contributed by atoms with E-state index in [1.54, 1.807) is 30.3 Å². The van der Waals surface area contributed by atoms with Crippen LogP contribution in [-0.2, 0) is 23.9 Å². The van der Waals surface area contributed by atoms with Gasteiger partial charge in [0.1, 0.15) is 5.54 Å². The molecule has 8 nitrogen and oxygen atoms in total. The third-order valence-corrected chi connectivity index (χ3v) is 7.16. The lowest BCUT2D eigenvalue weighted by Crippen LogP contribution is -2.67. The van der Waals surface area contributed by atoms with E-state index < -0.39 is 41.2 Å². The van der Waals surface area contributed by atoms with Crippen LogP contribution in [0.3, 0.4) is 0 Å². The first-order valence-corrected chi connectivity index (χ1v) is 11.0. The van der Waals surface area contributed by atoms with Gasteiger partial charge in [0.25, 0.3) is 0 Å². The van der Waals surface area contributed by atoms with E-state index in [9.17, 15) is 19.2 Å². The second-order valence-electron chi connectivity index (χ2n) is 8.83. The fourth-order valence-electron chi connectivity index (χ4n) is 5.75. The third kappa shape index (κ3) is 3.01. The van der Waals surface area contributed by atoms with Crippen LogP contribution in [0.1, 0.15) is 23.6 Å². The summed E-state index contributed by atoms with van der Waals surface area (Å²) in [5.74, 6) is -3.63. The molecule has 0 spiro atoms. The second-order valence-corrected chi connectivity index (χ2v) is 8.83. The van der Waals surface area contributed by atoms with E-state index in [1.807, 2.05) is 36.1 Å². The number of para-hydroxylation sites is 1. The van der Waals surface area contributed by atoms with Crippen LogP contribution in [0.5, 0.6) is 0 Å². The zero-order valence-corrected chi connectivity index (χ0v) is 18.5. The maximum absolute atomic E-state index is 13.9. The van der Waals surface area contributed by atoms with Crippen LogP contribution in [-0.4, -0.2) is 54.3 Å². The minimum atomic E-state index is -1.50. The van der Waals surface area contributed by atoms with Gasteiger partial charge in [-0.05, 0) is 24.6 Å². The average Bonchev–Trinajstić information content (AvgIpc) is 3.26. The highest BCUT2D eigenvalue weighted by molar-refractivity contribution is 6.24. The molecule has 2 aromatic rings. The predicted molar refractivity (Wildman–Crippen MR) is 119 cm³/mol. The van der Waals surface area contributed by atoms with Gasteiger partial charge in [-0.15, -0.1) is 0 Å². The molecule has 3 fully saturated rings. The van der Waals surface area contributed by atoms with Crippen LogP contribution in [0.4, 0.5) is 5.69 Å². The first-order valence-electron chi connectivity index (χ1n) is 11.0. The summed E-state index contributed by atoms with van der Waals surface area (Å²) in [7, 11) is 1.26. The molecule has 8 heteroatoms. The average molecular weight is 447 g/mol. The Kier molecular flexibility index (Phi) is 5.05. The molecule has 0 aliphatic carbocycles. The van der Waals surface area contributed by atoms with E-state index in [0.29, 0.717) is 18.8 Å². The van der Waals surface area contributed by atoms with E-state index in [0.717, 1.165) is 11.1 Å². The number of amides is 3. The monoisotopic (exact) mass is 447 g/mol. The highest BCUT2D eigenvalue weighted by atomic mass is 16.5. The van der Waals surface area contributed by atoms with E-state index >= 15 is 0 Å². The minimum absolute atomic E-state index is 0.305. The summed E-state index contributed by atoms with van der Waals surface area (Å²) >= 11 is 0. The number of rotatable bonds is 4. The number of ether oxygens (including phenoxy) is 1. The van der Waals surface area contributed by atoms with Gasteiger partial charge in [0, 0.05) is 19.1 Å². The largest absolute Gasteiger partial charge is 0.469 e. The molecule has 3 saturated heterocycles. The van der Waals surface area contributed by atoms with Crippen molar-refractivity contribution in [2.24, 2.45) is 11.8 Å². The zero-order valence-electron chi connectivity index (χ0n) is 18.5. The lowest BCUT2D eigenvalue weighted by Gasteiger charge is -2.45. The summed E-state index contributed by atoms with van der Waals surface area (Å²) in [6.07, 6.45) is -0.305. The molecule has 3 aliphatic rings. The summed E-state index contributed by atoms with van der Waals surface area (Å²) in [5.41, 5.74) is 0.862. The molecule has 3 heterocycles.